The summed E-state index contributed by atoms with van der Waals surface area (Å²) in [5, 5.41) is 1.67. The number of benzene rings is 1. The molecular weight excluding hydrogens is 251 g/mol. The standard InChI is InChI=1S/C11H10F3NO3/c1-6(16)8-4-3-7(5-9(8)18-2)15-10(17)11(12,13)14/h3-5H,1-2H3,(H,15,17). The minimum absolute atomic E-state index is 0.0980. The number of nitrogens with one attached hydrogen (secondary N) is 1. The fourth-order valence-electron chi connectivity index (χ4n) is 1.26. The Bertz CT molecular complexity index is 483. The summed E-state index contributed by atoms with van der Waals surface area (Å²) in [5.41, 5.74) is 0.127. The fourth-order valence-corrected chi connectivity index (χ4v) is 1.26. The van der Waals surface area contributed by atoms with Crippen molar-refractivity contribution < 1.29 is 27.5 Å². The number of ketones is 1. The van der Waals surface area contributed by atoms with Crippen molar-refractivity contribution in [3.63, 3.8) is 0 Å². The van der Waals surface area contributed by atoms with Crippen LogP contribution in [0.3, 0.4) is 0 Å². The van der Waals surface area contributed by atoms with Gasteiger partial charge in [0.25, 0.3) is 0 Å². The Hall–Kier alpha value is -2.05. The highest BCUT2D eigenvalue weighted by Gasteiger charge is 2.38. The Labute approximate surface area is 101 Å². The van der Waals surface area contributed by atoms with E-state index in [1.807, 2.05) is 0 Å². The molecule has 0 spiro atoms. The Morgan fingerprint density at radius 1 is 1.28 bits per heavy atom. The summed E-state index contributed by atoms with van der Waals surface area (Å²) < 4.78 is 40.9. The van der Waals surface area contributed by atoms with Crippen LogP contribution in [0.15, 0.2) is 18.2 Å². The molecule has 0 aliphatic rings. The molecule has 0 unspecified atom stereocenters. The summed E-state index contributed by atoms with van der Waals surface area (Å²) in [4.78, 5) is 21.9. The van der Waals surface area contributed by atoms with Gasteiger partial charge in [0.2, 0.25) is 0 Å². The van der Waals surface area contributed by atoms with E-state index in [2.05, 4.69) is 0 Å². The average molecular weight is 261 g/mol. The first kappa shape index (κ1) is 14.0. The maximum atomic E-state index is 12.0. The second kappa shape index (κ2) is 5.07. The number of carbonyl (C=O) groups excluding carboxylic acids is 2. The molecule has 0 fully saturated rings. The van der Waals surface area contributed by atoms with E-state index in [1.54, 1.807) is 5.32 Å². The van der Waals surface area contributed by atoms with Crippen LogP contribution in [0.2, 0.25) is 0 Å². The van der Waals surface area contributed by atoms with E-state index in [-0.39, 0.29) is 22.8 Å². The van der Waals surface area contributed by atoms with Crippen LogP contribution in [0.1, 0.15) is 17.3 Å². The number of hydrogen-bond donors (Lipinski definition) is 1. The second-order valence-corrected chi connectivity index (χ2v) is 3.42. The zero-order chi connectivity index (χ0) is 13.9. The molecule has 4 nitrogen and oxygen atoms in total. The normalized spacial score (nSPS) is 10.9. The monoisotopic (exact) mass is 261 g/mol. The van der Waals surface area contributed by atoms with Gasteiger partial charge in [0, 0.05) is 11.8 Å². The fraction of sp³-hybridized carbons (Fsp3) is 0.273. The first-order valence-corrected chi connectivity index (χ1v) is 4.83. The molecule has 1 amide bonds. The quantitative estimate of drug-likeness (QED) is 0.850. The lowest BCUT2D eigenvalue weighted by molar-refractivity contribution is -0.167. The van der Waals surface area contributed by atoms with E-state index in [0.29, 0.717) is 0 Å². The number of anilines is 1. The van der Waals surface area contributed by atoms with Gasteiger partial charge in [-0.05, 0) is 19.1 Å². The number of alkyl halides is 3. The van der Waals surface area contributed by atoms with Crippen molar-refractivity contribution in [1.29, 1.82) is 0 Å². The lowest BCUT2D eigenvalue weighted by atomic mass is 10.1. The smallest absolute Gasteiger partial charge is 0.471 e. The highest BCUT2D eigenvalue weighted by molar-refractivity contribution is 5.99. The van der Waals surface area contributed by atoms with Gasteiger partial charge in [-0.2, -0.15) is 13.2 Å². The molecular formula is C11H10F3NO3. The van der Waals surface area contributed by atoms with Crippen molar-refractivity contribution in [1.82, 2.24) is 0 Å². The minimum Gasteiger partial charge on any atom is -0.496 e. The van der Waals surface area contributed by atoms with Crippen molar-refractivity contribution in [2.24, 2.45) is 0 Å². The Kier molecular flexibility index (Phi) is 3.95. The number of halogens is 3. The van der Waals surface area contributed by atoms with E-state index in [4.69, 9.17) is 4.74 Å². The lowest BCUT2D eigenvalue weighted by Gasteiger charge is -2.11. The maximum Gasteiger partial charge on any atom is 0.471 e. The van der Waals surface area contributed by atoms with Crippen LogP contribution in [0.25, 0.3) is 0 Å². The second-order valence-electron chi connectivity index (χ2n) is 3.42. The molecule has 7 heteroatoms. The van der Waals surface area contributed by atoms with Crippen molar-refractivity contribution in [2.45, 2.75) is 13.1 Å². The summed E-state index contributed by atoms with van der Waals surface area (Å²) in [6, 6.07) is 3.64. The lowest BCUT2D eigenvalue weighted by Crippen LogP contribution is -2.29. The van der Waals surface area contributed by atoms with Crippen molar-refractivity contribution in [2.75, 3.05) is 12.4 Å². The molecule has 0 atom stereocenters. The van der Waals surface area contributed by atoms with Crippen molar-refractivity contribution in [3.8, 4) is 5.75 Å². The molecule has 0 aromatic heterocycles. The summed E-state index contributed by atoms with van der Waals surface area (Å²) in [6.45, 7) is 1.30. The van der Waals surface area contributed by atoms with Gasteiger partial charge in [0.05, 0.1) is 12.7 Å². The van der Waals surface area contributed by atoms with E-state index in [1.165, 1.54) is 26.2 Å². The van der Waals surface area contributed by atoms with Crippen LogP contribution in [0.4, 0.5) is 18.9 Å². The van der Waals surface area contributed by atoms with Crippen LogP contribution >= 0.6 is 0 Å². The Balaban J connectivity index is 3.00. The average Bonchev–Trinajstić information content (AvgIpc) is 2.27. The molecule has 1 aromatic rings. The largest absolute Gasteiger partial charge is 0.496 e. The molecule has 0 aliphatic heterocycles. The molecule has 1 rings (SSSR count). The van der Waals surface area contributed by atoms with E-state index in [9.17, 15) is 22.8 Å². The molecule has 0 aliphatic carbocycles. The number of carbonyl (C=O) groups is 2. The highest BCUT2D eigenvalue weighted by atomic mass is 19.4. The molecule has 1 aromatic carbocycles. The molecule has 0 saturated heterocycles. The number of methoxy groups -OCH3 is 1. The van der Waals surface area contributed by atoms with Crippen LogP contribution in [-0.2, 0) is 4.79 Å². The highest BCUT2D eigenvalue weighted by Crippen LogP contribution is 2.25. The van der Waals surface area contributed by atoms with E-state index in [0.717, 1.165) is 6.07 Å². The van der Waals surface area contributed by atoms with Gasteiger partial charge in [-0.25, -0.2) is 0 Å². The maximum absolute atomic E-state index is 12.0. The SMILES string of the molecule is COc1cc(NC(=O)C(F)(F)F)ccc1C(C)=O. The zero-order valence-corrected chi connectivity index (χ0v) is 9.59. The molecule has 0 heterocycles. The van der Waals surface area contributed by atoms with Gasteiger partial charge >= 0.3 is 12.1 Å². The molecule has 98 valence electrons. The molecule has 0 bridgehead atoms. The third-order valence-electron chi connectivity index (χ3n) is 2.10. The van der Waals surface area contributed by atoms with Gasteiger partial charge in [0.15, 0.2) is 5.78 Å². The molecule has 0 saturated carbocycles. The van der Waals surface area contributed by atoms with Gasteiger partial charge in [-0.1, -0.05) is 0 Å². The van der Waals surface area contributed by atoms with E-state index < -0.39 is 12.1 Å². The van der Waals surface area contributed by atoms with E-state index >= 15 is 0 Å². The van der Waals surface area contributed by atoms with Crippen molar-refractivity contribution in [3.05, 3.63) is 23.8 Å². The first-order chi connectivity index (χ1) is 8.25. The number of Topliss-reactive ketones (excluding diaryl/α,β-unsaturated/α-hetero) is 1. The van der Waals surface area contributed by atoms with Crippen LogP contribution in [-0.4, -0.2) is 25.0 Å². The molecule has 0 radical (unpaired) electrons. The summed E-state index contributed by atoms with van der Waals surface area (Å²) in [7, 11) is 1.27. The Morgan fingerprint density at radius 2 is 1.89 bits per heavy atom. The summed E-state index contributed by atoms with van der Waals surface area (Å²) in [6.07, 6.45) is -4.97. The van der Waals surface area contributed by atoms with Crippen molar-refractivity contribution >= 4 is 17.4 Å². The van der Waals surface area contributed by atoms with Gasteiger partial charge in [0.1, 0.15) is 5.75 Å². The predicted molar refractivity (Wildman–Crippen MR) is 57.7 cm³/mol. The zero-order valence-electron chi connectivity index (χ0n) is 9.59. The van der Waals surface area contributed by atoms with Crippen LogP contribution in [0, 0.1) is 0 Å². The van der Waals surface area contributed by atoms with Gasteiger partial charge in [-0.15, -0.1) is 0 Å². The first-order valence-electron chi connectivity index (χ1n) is 4.83. The van der Waals surface area contributed by atoms with Gasteiger partial charge in [-0.3, -0.25) is 9.59 Å². The number of rotatable bonds is 3. The third-order valence-corrected chi connectivity index (χ3v) is 2.10. The number of hydrogen-bond acceptors (Lipinski definition) is 3. The van der Waals surface area contributed by atoms with Crippen LogP contribution in [0.5, 0.6) is 5.75 Å². The van der Waals surface area contributed by atoms with Gasteiger partial charge < -0.3 is 10.1 Å². The topological polar surface area (TPSA) is 55.4 Å². The number of amides is 1. The number of ether oxygens (including phenoxy) is 1. The van der Waals surface area contributed by atoms with Crippen LogP contribution < -0.4 is 10.1 Å². The Morgan fingerprint density at radius 3 is 2.33 bits per heavy atom. The third kappa shape index (κ3) is 3.22. The molecule has 1 N–H and O–H groups in total. The molecule has 18 heavy (non-hydrogen) atoms. The summed E-state index contributed by atoms with van der Waals surface area (Å²) >= 11 is 0. The predicted octanol–water partition coefficient (Wildman–Crippen LogP) is 2.40. The summed E-state index contributed by atoms with van der Waals surface area (Å²) in [5.74, 6) is -2.27. The minimum atomic E-state index is -4.97.